The molecule has 3 N–H and O–H groups in total. The molecule has 0 saturated carbocycles. The number of carbonyl (C=O) groups excluding carboxylic acids is 1. The average Bonchev–Trinajstić information content (AvgIpc) is 3.01. The van der Waals surface area contributed by atoms with Crippen LogP contribution in [-0.4, -0.2) is 43.1 Å². The standard InChI is InChI=1S/C16H25N3O2/c1-13(19-9-4-5-10-19)12-18-16(20)8-11-21-15-7-3-2-6-14(15)17/h2-3,6-7,13H,4-5,8-12,17H2,1H3,(H,18,20). The van der Waals surface area contributed by atoms with E-state index >= 15 is 0 Å². The van der Waals surface area contributed by atoms with E-state index in [1.165, 1.54) is 12.8 Å². The first kappa shape index (κ1) is 15.6. The second-order valence-electron chi connectivity index (χ2n) is 5.53. The SMILES string of the molecule is CC(CNC(=O)CCOc1ccccc1N)N1CCCC1. The molecule has 2 rings (SSSR count). The number of nitrogens with two attached hydrogens (primary N) is 1. The zero-order chi connectivity index (χ0) is 15.1. The van der Waals surface area contributed by atoms with Gasteiger partial charge in [0.2, 0.25) is 5.91 Å². The highest BCUT2D eigenvalue weighted by atomic mass is 16.5. The van der Waals surface area contributed by atoms with E-state index in [1.807, 2.05) is 18.2 Å². The zero-order valence-corrected chi connectivity index (χ0v) is 12.7. The maximum absolute atomic E-state index is 11.8. The maximum atomic E-state index is 11.8. The third kappa shape index (κ3) is 4.93. The molecular weight excluding hydrogens is 266 g/mol. The normalized spacial score (nSPS) is 16.6. The summed E-state index contributed by atoms with van der Waals surface area (Å²) >= 11 is 0. The lowest BCUT2D eigenvalue weighted by atomic mass is 10.3. The van der Waals surface area contributed by atoms with Crippen molar-refractivity contribution in [2.75, 3.05) is 32.0 Å². The highest BCUT2D eigenvalue weighted by Crippen LogP contribution is 2.19. The number of para-hydroxylation sites is 2. The molecule has 0 radical (unpaired) electrons. The molecule has 0 spiro atoms. The number of nitrogens with one attached hydrogen (secondary N) is 1. The van der Waals surface area contributed by atoms with Crippen LogP contribution in [0.5, 0.6) is 5.75 Å². The molecule has 1 aromatic carbocycles. The largest absolute Gasteiger partial charge is 0.491 e. The molecule has 1 aromatic rings. The third-order valence-electron chi connectivity index (χ3n) is 3.86. The summed E-state index contributed by atoms with van der Waals surface area (Å²) in [5.74, 6) is 0.659. The van der Waals surface area contributed by atoms with Gasteiger partial charge in [0.05, 0.1) is 18.7 Å². The molecule has 1 unspecified atom stereocenters. The molecular formula is C16H25N3O2. The van der Waals surface area contributed by atoms with Crippen LogP contribution in [0.15, 0.2) is 24.3 Å². The van der Waals surface area contributed by atoms with Gasteiger partial charge in [-0.15, -0.1) is 0 Å². The smallest absolute Gasteiger partial charge is 0.223 e. The van der Waals surface area contributed by atoms with Gasteiger partial charge < -0.3 is 15.8 Å². The molecule has 5 nitrogen and oxygen atoms in total. The van der Waals surface area contributed by atoms with E-state index in [2.05, 4.69) is 17.1 Å². The number of nitrogens with zero attached hydrogens (tertiary/aromatic N) is 1. The van der Waals surface area contributed by atoms with Gasteiger partial charge >= 0.3 is 0 Å². The number of rotatable bonds is 7. The molecule has 1 fully saturated rings. The van der Waals surface area contributed by atoms with Crippen molar-refractivity contribution in [2.24, 2.45) is 0 Å². The van der Waals surface area contributed by atoms with Crippen molar-refractivity contribution in [1.82, 2.24) is 10.2 Å². The van der Waals surface area contributed by atoms with Gasteiger partial charge in [-0.25, -0.2) is 0 Å². The monoisotopic (exact) mass is 291 g/mol. The van der Waals surface area contributed by atoms with Crippen LogP contribution in [0.1, 0.15) is 26.2 Å². The van der Waals surface area contributed by atoms with E-state index in [4.69, 9.17) is 10.5 Å². The quantitative estimate of drug-likeness (QED) is 0.749. The summed E-state index contributed by atoms with van der Waals surface area (Å²) < 4.78 is 5.52. The van der Waals surface area contributed by atoms with Crippen LogP contribution in [0.25, 0.3) is 0 Å². The van der Waals surface area contributed by atoms with Gasteiger partial charge in [-0.2, -0.15) is 0 Å². The first-order chi connectivity index (χ1) is 10.2. The number of anilines is 1. The summed E-state index contributed by atoms with van der Waals surface area (Å²) in [6.45, 7) is 5.50. The van der Waals surface area contributed by atoms with E-state index in [0.29, 0.717) is 37.1 Å². The Bertz CT molecular complexity index is 459. The van der Waals surface area contributed by atoms with Crippen molar-refractivity contribution in [3.05, 3.63) is 24.3 Å². The first-order valence-corrected chi connectivity index (χ1v) is 7.65. The van der Waals surface area contributed by atoms with Crippen molar-refractivity contribution in [3.8, 4) is 5.75 Å². The Labute approximate surface area is 126 Å². The summed E-state index contributed by atoms with van der Waals surface area (Å²) in [4.78, 5) is 14.2. The molecule has 0 aliphatic carbocycles. The van der Waals surface area contributed by atoms with Crippen LogP contribution in [-0.2, 0) is 4.79 Å². The van der Waals surface area contributed by atoms with Crippen LogP contribution in [0.4, 0.5) is 5.69 Å². The van der Waals surface area contributed by atoms with Crippen molar-refractivity contribution in [1.29, 1.82) is 0 Å². The highest BCUT2D eigenvalue weighted by Gasteiger charge is 2.18. The highest BCUT2D eigenvalue weighted by molar-refractivity contribution is 5.76. The lowest BCUT2D eigenvalue weighted by molar-refractivity contribution is -0.121. The van der Waals surface area contributed by atoms with E-state index in [-0.39, 0.29) is 5.91 Å². The Morgan fingerprint density at radius 3 is 2.81 bits per heavy atom. The van der Waals surface area contributed by atoms with Gasteiger partial charge in [-0.05, 0) is 45.0 Å². The summed E-state index contributed by atoms with van der Waals surface area (Å²) in [5, 5.41) is 2.97. The van der Waals surface area contributed by atoms with Crippen molar-refractivity contribution in [3.63, 3.8) is 0 Å². The average molecular weight is 291 g/mol. The van der Waals surface area contributed by atoms with Gasteiger partial charge in [-0.1, -0.05) is 12.1 Å². The van der Waals surface area contributed by atoms with E-state index < -0.39 is 0 Å². The molecule has 21 heavy (non-hydrogen) atoms. The lowest BCUT2D eigenvalue weighted by Crippen LogP contribution is -2.40. The number of likely N-dealkylation sites (tertiary alicyclic amines) is 1. The zero-order valence-electron chi connectivity index (χ0n) is 12.7. The molecule has 1 heterocycles. The van der Waals surface area contributed by atoms with E-state index in [1.54, 1.807) is 6.07 Å². The third-order valence-corrected chi connectivity index (χ3v) is 3.86. The topological polar surface area (TPSA) is 67.6 Å². The van der Waals surface area contributed by atoms with E-state index in [9.17, 15) is 4.79 Å². The molecule has 0 aromatic heterocycles. The van der Waals surface area contributed by atoms with Gasteiger partial charge in [0.15, 0.2) is 0 Å². The molecule has 1 atom stereocenters. The van der Waals surface area contributed by atoms with Crippen LogP contribution in [0, 0.1) is 0 Å². The fraction of sp³-hybridized carbons (Fsp3) is 0.562. The molecule has 5 heteroatoms. The molecule has 0 bridgehead atoms. The minimum Gasteiger partial charge on any atom is -0.491 e. The predicted octanol–water partition coefficient (Wildman–Crippen LogP) is 1.64. The number of ether oxygens (including phenoxy) is 1. The Hall–Kier alpha value is -1.75. The summed E-state index contributed by atoms with van der Waals surface area (Å²) in [5.41, 5.74) is 6.37. The van der Waals surface area contributed by atoms with Crippen molar-refractivity contribution >= 4 is 11.6 Å². The summed E-state index contributed by atoms with van der Waals surface area (Å²) in [6.07, 6.45) is 2.89. The second kappa shape index (κ2) is 7.88. The number of nitrogen functional groups attached to an aromatic ring is 1. The van der Waals surface area contributed by atoms with Gasteiger partial charge in [0, 0.05) is 12.6 Å². The minimum atomic E-state index is 0.0237. The van der Waals surface area contributed by atoms with Crippen LogP contribution < -0.4 is 15.8 Å². The van der Waals surface area contributed by atoms with Crippen LogP contribution >= 0.6 is 0 Å². The van der Waals surface area contributed by atoms with Gasteiger partial charge in [0.25, 0.3) is 0 Å². The Balaban J connectivity index is 1.62. The number of hydrogen-bond donors (Lipinski definition) is 2. The van der Waals surface area contributed by atoms with Crippen molar-refractivity contribution in [2.45, 2.75) is 32.2 Å². The molecule has 1 amide bonds. The number of amides is 1. The maximum Gasteiger partial charge on any atom is 0.223 e. The van der Waals surface area contributed by atoms with Crippen LogP contribution in [0.3, 0.4) is 0 Å². The molecule has 1 aliphatic rings. The Morgan fingerprint density at radius 2 is 2.10 bits per heavy atom. The molecule has 1 saturated heterocycles. The van der Waals surface area contributed by atoms with Gasteiger partial charge in [-0.3, -0.25) is 9.69 Å². The van der Waals surface area contributed by atoms with Crippen LogP contribution in [0.2, 0.25) is 0 Å². The fourth-order valence-corrected chi connectivity index (χ4v) is 2.53. The molecule has 116 valence electrons. The Kier molecular flexibility index (Phi) is 5.87. The first-order valence-electron chi connectivity index (χ1n) is 7.65. The summed E-state index contributed by atoms with van der Waals surface area (Å²) in [7, 11) is 0. The number of carbonyl (C=O) groups is 1. The fourth-order valence-electron chi connectivity index (χ4n) is 2.53. The molecule has 1 aliphatic heterocycles. The number of hydrogen-bond acceptors (Lipinski definition) is 4. The minimum absolute atomic E-state index is 0.0237. The number of benzene rings is 1. The predicted molar refractivity (Wildman–Crippen MR) is 84.2 cm³/mol. The second-order valence-corrected chi connectivity index (χ2v) is 5.53. The Morgan fingerprint density at radius 1 is 1.38 bits per heavy atom. The van der Waals surface area contributed by atoms with Crippen molar-refractivity contribution < 1.29 is 9.53 Å². The summed E-state index contributed by atoms with van der Waals surface area (Å²) in [6, 6.07) is 7.72. The van der Waals surface area contributed by atoms with Gasteiger partial charge in [0.1, 0.15) is 5.75 Å². The lowest BCUT2D eigenvalue weighted by Gasteiger charge is -2.23. The van der Waals surface area contributed by atoms with E-state index in [0.717, 1.165) is 13.1 Å².